The van der Waals surface area contributed by atoms with Crippen molar-refractivity contribution in [1.82, 2.24) is 0 Å². The lowest BCUT2D eigenvalue weighted by Gasteiger charge is -2.48. The van der Waals surface area contributed by atoms with Gasteiger partial charge in [-0.1, -0.05) is 58.1 Å². The third-order valence-corrected chi connectivity index (χ3v) is 8.11. The summed E-state index contributed by atoms with van der Waals surface area (Å²) in [6.07, 6.45) is 5.84. The number of hydrogen-bond acceptors (Lipinski definition) is 8. The minimum Gasteiger partial charge on any atom is -0.497 e. The lowest BCUT2D eigenvalue weighted by Crippen LogP contribution is -2.57. The summed E-state index contributed by atoms with van der Waals surface area (Å²) in [4.78, 5) is 0. The summed E-state index contributed by atoms with van der Waals surface area (Å²) >= 11 is 0. The number of nitriles is 3. The highest BCUT2D eigenvalue weighted by molar-refractivity contribution is 5.89. The van der Waals surface area contributed by atoms with E-state index in [1.807, 2.05) is 0 Å². The van der Waals surface area contributed by atoms with Gasteiger partial charge in [0.05, 0.1) is 37.8 Å². The summed E-state index contributed by atoms with van der Waals surface area (Å²) in [6, 6.07) is 20.3. The Bertz CT molecular complexity index is 1290. The van der Waals surface area contributed by atoms with E-state index in [2.05, 4.69) is 25.1 Å². The second-order valence-corrected chi connectivity index (χ2v) is 10.2. The Morgan fingerprint density at radius 1 is 0.872 bits per heavy atom. The highest BCUT2D eigenvalue weighted by Crippen LogP contribution is 2.69. The number of hydrogen-bond donors (Lipinski definition) is 1. The van der Waals surface area contributed by atoms with Crippen LogP contribution in [0.25, 0.3) is 0 Å². The lowest BCUT2D eigenvalue weighted by atomic mass is 9.53. The van der Waals surface area contributed by atoms with E-state index in [-0.39, 0.29) is 0 Å². The normalized spacial score (nSPS) is 26.5. The number of nitrogens with zero attached hydrogens (tertiary/aromatic N) is 3. The molecule has 2 aromatic rings. The van der Waals surface area contributed by atoms with Crippen LogP contribution in [0.5, 0.6) is 11.5 Å². The fourth-order valence-corrected chi connectivity index (χ4v) is 5.80. The van der Waals surface area contributed by atoms with E-state index in [0.29, 0.717) is 29.2 Å². The summed E-state index contributed by atoms with van der Waals surface area (Å²) in [7, 11) is 1.56. The van der Waals surface area contributed by atoms with Gasteiger partial charge in [0.1, 0.15) is 17.6 Å². The average molecular weight is 527 g/mol. The smallest absolute Gasteiger partial charge is 0.244 e. The zero-order chi connectivity index (χ0) is 28.1. The maximum Gasteiger partial charge on any atom is 0.244 e. The molecule has 0 aromatic heterocycles. The summed E-state index contributed by atoms with van der Waals surface area (Å²) in [6.45, 7) is 4.49. The first-order chi connectivity index (χ1) is 18.9. The van der Waals surface area contributed by atoms with Crippen LogP contribution in [-0.2, 0) is 15.3 Å². The molecule has 2 fully saturated rings. The van der Waals surface area contributed by atoms with E-state index in [4.69, 9.17) is 24.4 Å². The average Bonchev–Trinajstić information content (AvgIpc) is 3.13. The Kier molecular flexibility index (Phi) is 8.14. The molecule has 4 atom stereocenters. The van der Waals surface area contributed by atoms with Crippen molar-refractivity contribution in [2.75, 3.05) is 13.7 Å². The first-order valence-corrected chi connectivity index (χ1v) is 13.5. The Hall–Kier alpha value is -4.06. The molecule has 0 saturated carbocycles. The predicted molar refractivity (Wildman–Crippen MR) is 143 cm³/mol. The van der Waals surface area contributed by atoms with Crippen LogP contribution in [-0.4, -0.2) is 19.6 Å². The van der Waals surface area contributed by atoms with Crippen LogP contribution in [0.15, 0.2) is 48.5 Å². The first kappa shape index (κ1) is 28.0. The number of rotatable bonds is 11. The highest BCUT2D eigenvalue weighted by atomic mass is 16.7. The molecule has 0 spiro atoms. The highest BCUT2D eigenvalue weighted by Gasteiger charge is 2.79. The SMILES string of the molecule is CCCCCCCCOc1ccc(C2OC3(c4ccc(OC)cc4)OC(=N)C(C#N)(C3C)C2(C#N)C#N)cc1. The summed E-state index contributed by atoms with van der Waals surface area (Å²) in [5.41, 5.74) is -2.79. The van der Waals surface area contributed by atoms with Crippen molar-refractivity contribution >= 4 is 5.90 Å². The number of benzene rings is 2. The van der Waals surface area contributed by atoms with Crippen molar-refractivity contribution < 1.29 is 18.9 Å². The minimum absolute atomic E-state index is 0.446. The van der Waals surface area contributed by atoms with Gasteiger partial charge in [-0.15, -0.1) is 0 Å². The van der Waals surface area contributed by atoms with Crippen molar-refractivity contribution in [1.29, 1.82) is 21.2 Å². The van der Waals surface area contributed by atoms with Crippen LogP contribution in [0, 0.1) is 56.2 Å². The molecule has 4 unspecified atom stereocenters. The standard InChI is InChI=1S/C31H34N4O4/c1-4-5-6-7-8-9-18-37-26-14-10-23(11-15-26)27-29(19-32,20-33)30(21-34)22(2)31(38-27,39-28(30)35)24-12-16-25(36-3)17-13-24/h10-17,22,27,35H,4-9,18H2,1-3H3. The van der Waals surface area contributed by atoms with Crippen molar-refractivity contribution in [3.63, 3.8) is 0 Å². The Morgan fingerprint density at radius 3 is 2.08 bits per heavy atom. The third-order valence-electron chi connectivity index (χ3n) is 8.11. The Balaban J connectivity index is 1.66. The van der Waals surface area contributed by atoms with Crippen LogP contribution in [0.3, 0.4) is 0 Å². The fourth-order valence-electron chi connectivity index (χ4n) is 5.80. The molecule has 4 rings (SSSR count). The molecule has 202 valence electrons. The van der Waals surface area contributed by atoms with Gasteiger partial charge in [0.15, 0.2) is 5.41 Å². The summed E-state index contributed by atoms with van der Waals surface area (Å²) < 4.78 is 23.8. The molecule has 0 amide bonds. The van der Waals surface area contributed by atoms with E-state index in [1.54, 1.807) is 62.6 Å². The molecule has 0 aliphatic carbocycles. The maximum atomic E-state index is 10.5. The van der Waals surface area contributed by atoms with Crippen LogP contribution in [0.4, 0.5) is 0 Å². The van der Waals surface area contributed by atoms with E-state index in [9.17, 15) is 15.8 Å². The number of ether oxygens (including phenoxy) is 4. The van der Waals surface area contributed by atoms with Crippen LogP contribution < -0.4 is 9.47 Å². The van der Waals surface area contributed by atoms with Crippen LogP contribution in [0.1, 0.15) is 69.6 Å². The van der Waals surface area contributed by atoms with Gasteiger partial charge in [0, 0.05) is 5.56 Å². The van der Waals surface area contributed by atoms with E-state index in [0.717, 1.165) is 12.8 Å². The largest absolute Gasteiger partial charge is 0.497 e. The number of fused-ring (bicyclic) bond motifs is 2. The molecule has 2 aromatic carbocycles. The zero-order valence-corrected chi connectivity index (χ0v) is 22.7. The van der Waals surface area contributed by atoms with Gasteiger partial charge >= 0.3 is 0 Å². The quantitative estimate of drug-likeness (QED) is 0.328. The van der Waals surface area contributed by atoms with Gasteiger partial charge < -0.3 is 18.9 Å². The number of methoxy groups -OCH3 is 1. The zero-order valence-electron chi connectivity index (χ0n) is 22.7. The molecule has 8 nitrogen and oxygen atoms in total. The van der Waals surface area contributed by atoms with Crippen LogP contribution in [0.2, 0.25) is 0 Å². The first-order valence-electron chi connectivity index (χ1n) is 13.5. The van der Waals surface area contributed by atoms with Crippen LogP contribution >= 0.6 is 0 Å². The van der Waals surface area contributed by atoms with E-state index >= 15 is 0 Å². The van der Waals surface area contributed by atoms with Crippen molar-refractivity contribution in [2.24, 2.45) is 16.7 Å². The molecule has 0 radical (unpaired) electrons. The van der Waals surface area contributed by atoms with Gasteiger partial charge in [-0.3, -0.25) is 5.41 Å². The summed E-state index contributed by atoms with van der Waals surface area (Å²) in [5.74, 6) is -1.53. The lowest BCUT2D eigenvalue weighted by molar-refractivity contribution is -0.288. The molecular formula is C31H34N4O4. The van der Waals surface area contributed by atoms with Gasteiger partial charge in [0.2, 0.25) is 17.1 Å². The second kappa shape index (κ2) is 11.4. The van der Waals surface area contributed by atoms with Gasteiger partial charge in [-0.05, 0) is 48.4 Å². The molecule has 1 N–H and O–H groups in total. The van der Waals surface area contributed by atoms with Gasteiger partial charge in [0.25, 0.3) is 0 Å². The minimum atomic E-state index is -2.02. The molecule has 2 aliphatic heterocycles. The fraction of sp³-hybridized carbons (Fsp3) is 0.484. The second-order valence-electron chi connectivity index (χ2n) is 10.2. The number of unbranched alkanes of at least 4 members (excludes halogenated alkanes) is 5. The third kappa shape index (κ3) is 4.38. The Labute approximate surface area is 230 Å². The molecule has 2 saturated heterocycles. The molecule has 39 heavy (non-hydrogen) atoms. The van der Waals surface area contributed by atoms with Gasteiger partial charge in [-0.2, -0.15) is 15.8 Å². The Morgan fingerprint density at radius 2 is 1.49 bits per heavy atom. The topological polar surface area (TPSA) is 132 Å². The van der Waals surface area contributed by atoms with Crippen molar-refractivity contribution in [2.45, 2.75) is 64.3 Å². The molecule has 8 heteroatoms. The number of nitrogens with one attached hydrogen (secondary N) is 1. The van der Waals surface area contributed by atoms with Gasteiger partial charge in [-0.25, -0.2) is 0 Å². The maximum absolute atomic E-state index is 10.5. The summed E-state index contributed by atoms with van der Waals surface area (Å²) in [5, 5.41) is 40.1. The monoisotopic (exact) mass is 526 g/mol. The molecule has 2 bridgehead atoms. The predicted octanol–water partition coefficient (Wildman–Crippen LogP) is 6.55. The van der Waals surface area contributed by atoms with Crippen molar-refractivity contribution in [3.05, 3.63) is 59.7 Å². The van der Waals surface area contributed by atoms with E-state index < -0.39 is 34.5 Å². The molecular weight excluding hydrogens is 492 g/mol. The molecule has 2 aliphatic rings. The molecule has 2 heterocycles. The van der Waals surface area contributed by atoms with Crippen molar-refractivity contribution in [3.8, 4) is 29.7 Å². The van der Waals surface area contributed by atoms with E-state index in [1.165, 1.54) is 25.7 Å².